The van der Waals surface area contributed by atoms with Crippen molar-refractivity contribution in [1.29, 1.82) is 0 Å². The Labute approximate surface area is 152 Å². The largest absolute Gasteiger partial charge is 0.307 e. The van der Waals surface area contributed by atoms with Crippen LogP contribution in [0.2, 0.25) is 5.02 Å². The molecular weight excluding hydrogens is 425 g/mol. The van der Waals surface area contributed by atoms with Gasteiger partial charge in [-0.3, -0.25) is 4.79 Å². The van der Waals surface area contributed by atoms with Crippen molar-refractivity contribution in [2.24, 2.45) is 0 Å². The molecule has 0 bridgehead atoms. The maximum atomic E-state index is 12.3. The number of rotatable bonds is 4. The van der Waals surface area contributed by atoms with Gasteiger partial charge in [-0.25, -0.2) is 4.68 Å². The van der Waals surface area contributed by atoms with Crippen molar-refractivity contribution in [3.05, 3.63) is 80.5 Å². The molecule has 0 atom stereocenters. The maximum Gasteiger partial charge on any atom is 0.256 e. The Hall–Kier alpha value is -1.86. The van der Waals surface area contributed by atoms with Crippen LogP contribution in [0.4, 0.5) is 5.82 Å². The summed E-state index contributed by atoms with van der Waals surface area (Å²) in [5, 5.41) is 7.84. The van der Waals surface area contributed by atoms with Crippen LogP contribution in [0.5, 0.6) is 0 Å². The molecule has 0 spiro atoms. The van der Waals surface area contributed by atoms with Crippen LogP contribution in [-0.4, -0.2) is 15.7 Å². The summed E-state index contributed by atoms with van der Waals surface area (Å²) in [7, 11) is 0. The Kier molecular flexibility index (Phi) is 4.97. The van der Waals surface area contributed by atoms with E-state index in [1.165, 1.54) is 0 Å². The molecule has 1 N–H and O–H groups in total. The lowest BCUT2D eigenvalue weighted by Crippen LogP contribution is -2.16. The van der Waals surface area contributed by atoms with Crippen molar-refractivity contribution in [2.45, 2.75) is 6.54 Å². The minimum Gasteiger partial charge on any atom is -0.307 e. The Morgan fingerprint density at radius 3 is 2.78 bits per heavy atom. The summed E-state index contributed by atoms with van der Waals surface area (Å²) in [5.74, 6) is 0.491. The number of carbonyl (C=O) groups is 1. The molecule has 1 aromatic heterocycles. The van der Waals surface area contributed by atoms with Gasteiger partial charge in [0.25, 0.3) is 5.91 Å². The van der Waals surface area contributed by atoms with E-state index in [0.29, 0.717) is 22.9 Å². The Bertz CT molecular complexity index is 847. The standard InChI is InChI=1S/C17H13ClIN3O/c18-14-5-1-3-12(9-14)11-22-16(7-8-20-22)21-17(23)13-4-2-6-15(19)10-13/h1-10H,11H2,(H,21,23). The molecule has 0 aliphatic rings. The number of aromatic nitrogens is 2. The molecule has 0 radical (unpaired) electrons. The number of hydrogen-bond donors (Lipinski definition) is 1. The fourth-order valence-electron chi connectivity index (χ4n) is 2.19. The lowest BCUT2D eigenvalue weighted by Gasteiger charge is -2.09. The van der Waals surface area contributed by atoms with E-state index in [1.54, 1.807) is 23.0 Å². The number of nitrogens with zero attached hydrogens (tertiary/aromatic N) is 2. The molecule has 0 saturated carbocycles. The van der Waals surface area contributed by atoms with Gasteiger partial charge in [-0.2, -0.15) is 5.10 Å². The topological polar surface area (TPSA) is 46.9 Å². The van der Waals surface area contributed by atoms with Crippen LogP contribution in [0.25, 0.3) is 0 Å². The zero-order chi connectivity index (χ0) is 16.2. The monoisotopic (exact) mass is 437 g/mol. The molecule has 6 heteroatoms. The Morgan fingerprint density at radius 1 is 1.17 bits per heavy atom. The zero-order valence-electron chi connectivity index (χ0n) is 12.0. The van der Waals surface area contributed by atoms with Crippen molar-refractivity contribution in [2.75, 3.05) is 5.32 Å². The second-order valence-corrected chi connectivity index (χ2v) is 6.65. The van der Waals surface area contributed by atoms with E-state index < -0.39 is 0 Å². The smallest absolute Gasteiger partial charge is 0.256 e. The first-order chi connectivity index (χ1) is 11.1. The molecule has 1 heterocycles. The van der Waals surface area contributed by atoms with Crippen LogP contribution in [0.1, 0.15) is 15.9 Å². The van der Waals surface area contributed by atoms with Crippen LogP contribution in [0.15, 0.2) is 60.8 Å². The van der Waals surface area contributed by atoms with Gasteiger partial charge in [0.15, 0.2) is 0 Å². The molecule has 0 aliphatic carbocycles. The summed E-state index contributed by atoms with van der Waals surface area (Å²) in [6.45, 7) is 0.537. The molecule has 0 fully saturated rings. The molecule has 0 aliphatic heterocycles. The van der Waals surface area contributed by atoms with Crippen molar-refractivity contribution in [3.8, 4) is 0 Å². The molecule has 0 unspecified atom stereocenters. The SMILES string of the molecule is O=C(Nc1ccnn1Cc1cccc(Cl)c1)c1cccc(I)c1. The molecule has 4 nitrogen and oxygen atoms in total. The second kappa shape index (κ2) is 7.14. The predicted molar refractivity (Wildman–Crippen MR) is 99.9 cm³/mol. The van der Waals surface area contributed by atoms with E-state index in [0.717, 1.165) is 9.13 Å². The van der Waals surface area contributed by atoms with Gasteiger partial charge < -0.3 is 5.32 Å². The van der Waals surface area contributed by atoms with E-state index in [2.05, 4.69) is 33.0 Å². The maximum absolute atomic E-state index is 12.3. The summed E-state index contributed by atoms with van der Waals surface area (Å²) in [6, 6.07) is 16.8. The van der Waals surface area contributed by atoms with Gasteiger partial charge in [0.05, 0.1) is 12.7 Å². The third-order valence-corrected chi connectivity index (χ3v) is 4.17. The number of halogens is 2. The van der Waals surface area contributed by atoms with Gasteiger partial charge in [-0.15, -0.1) is 0 Å². The number of carbonyl (C=O) groups excluding carboxylic acids is 1. The zero-order valence-corrected chi connectivity index (χ0v) is 15.0. The van der Waals surface area contributed by atoms with E-state index >= 15 is 0 Å². The van der Waals surface area contributed by atoms with Crippen molar-refractivity contribution >= 4 is 45.9 Å². The van der Waals surface area contributed by atoms with Crippen molar-refractivity contribution < 1.29 is 4.79 Å². The van der Waals surface area contributed by atoms with E-state index in [4.69, 9.17) is 11.6 Å². The Morgan fingerprint density at radius 2 is 2.00 bits per heavy atom. The van der Waals surface area contributed by atoms with Crippen molar-refractivity contribution in [3.63, 3.8) is 0 Å². The minimum atomic E-state index is -0.156. The summed E-state index contributed by atoms with van der Waals surface area (Å²) in [5.41, 5.74) is 1.64. The van der Waals surface area contributed by atoms with Crippen molar-refractivity contribution in [1.82, 2.24) is 9.78 Å². The summed E-state index contributed by atoms with van der Waals surface area (Å²) in [6.07, 6.45) is 1.66. The third kappa shape index (κ3) is 4.11. The fourth-order valence-corrected chi connectivity index (χ4v) is 2.95. The molecule has 2 aromatic carbocycles. The van der Waals surface area contributed by atoms with E-state index in [9.17, 15) is 4.79 Å². The lowest BCUT2D eigenvalue weighted by atomic mass is 10.2. The van der Waals surface area contributed by atoms with Crippen LogP contribution < -0.4 is 5.32 Å². The van der Waals surface area contributed by atoms with E-state index in [-0.39, 0.29) is 5.91 Å². The van der Waals surface area contributed by atoms with Gasteiger partial charge in [-0.05, 0) is 58.5 Å². The molecule has 1 amide bonds. The molecule has 3 rings (SSSR count). The summed E-state index contributed by atoms with van der Waals surface area (Å²) < 4.78 is 2.75. The first kappa shape index (κ1) is 16.0. The van der Waals surface area contributed by atoms with Gasteiger partial charge in [-0.1, -0.05) is 29.8 Å². The summed E-state index contributed by atoms with van der Waals surface area (Å²) >= 11 is 8.19. The molecular formula is C17H13ClIN3O. The summed E-state index contributed by atoms with van der Waals surface area (Å²) in [4.78, 5) is 12.3. The average molecular weight is 438 g/mol. The first-order valence-corrected chi connectivity index (χ1v) is 8.41. The number of amides is 1. The third-order valence-electron chi connectivity index (χ3n) is 3.27. The number of hydrogen-bond acceptors (Lipinski definition) is 2. The molecule has 0 saturated heterocycles. The van der Waals surface area contributed by atoms with Gasteiger partial charge in [0, 0.05) is 20.2 Å². The van der Waals surface area contributed by atoms with Crippen LogP contribution >= 0.6 is 34.2 Å². The number of nitrogens with one attached hydrogen (secondary N) is 1. The first-order valence-electron chi connectivity index (χ1n) is 6.95. The molecule has 23 heavy (non-hydrogen) atoms. The number of benzene rings is 2. The van der Waals surface area contributed by atoms with Gasteiger partial charge in [0.2, 0.25) is 0 Å². The highest BCUT2D eigenvalue weighted by Crippen LogP contribution is 2.16. The van der Waals surface area contributed by atoms with Crippen LogP contribution in [0.3, 0.4) is 0 Å². The van der Waals surface area contributed by atoms with Crippen LogP contribution in [-0.2, 0) is 6.54 Å². The van der Waals surface area contributed by atoms with E-state index in [1.807, 2.05) is 42.5 Å². The molecule has 3 aromatic rings. The number of anilines is 1. The fraction of sp³-hybridized carbons (Fsp3) is 0.0588. The lowest BCUT2D eigenvalue weighted by molar-refractivity contribution is 0.102. The van der Waals surface area contributed by atoms with Crippen LogP contribution in [0, 0.1) is 3.57 Å². The minimum absolute atomic E-state index is 0.156. The van der Waals surface area contributed by atoms with Gasteiger partial charge >= 0.3 is 0 Å². The average Bonchev–Trinajstić information content (AvgIpc) is 2.94. The Balaban J connectivity index is 1.77. The van der Waals surface area contributed by atoms with Gasteiger partial charge in [0.1, 0.15) is 5.82 Å². The normalized spacial score (nSPS) is 10.5. The molecule has 116 valence electrons. The highest BCUT2D eigenvalue weighted by Gasteiger charge is 2.10. The highest BCUT2D eigenvalue weighted by molar-refractivity contribution is 14.1. The second-order valence-electron chi connectivity index (χ2n) is 4.97. The quantitative estimate of drug-likeness (QED) is 0.613. The predicted octanol–water partition coefficient (Wildman–Crippen LogP) is 4.44. The highest BCUT2D eigenvalue weighted by atomic mass is 127.